The van der Waals surface area contributed by atoms with Crippen LogP contribution in [0.3, 0.4) is 0 Å². The zero-order valence-electron chi connectivity index (χ0n) is 16.7. The lowest BCUT2D eigenvalue weighted by Crippen LogP contribution is -2.34. The van der Waals surface area contributed by atoms with Gasteiger partial charge in [-0.15, -0.1) is 0 Å². The number of amides is 2. The molecule has 1 saturated carbocycles. The first-order chi connectivity index (χ1) is 15.2. The Balaban J connectivity index is 1.67. The summed E-state index contributed by atoms with van der Waals surface area (Å²) in [6.07, 6.45) is 3.75. The van der Waals surface area contributed by atoms with E-state index in [1.54, 1.807) is 30.5 Å². The van der Waals surface area contributed by atoms with Crippen molar-refractivity contribution in [3.63, 3.8) is 0 Å². The molecule has 3 aromatic rings. The van der Waals surface area contributed by atoms with Crippen LogP contribution in [0, 0.1) is 5.92 Å². The summed E-state index contributed by atoms with van der Waals surface area (Å²) in [7, 11) is 0. The molecule has 0 unspecified atom stereocenters. The SMILES string of the molecule is C[C@@H](NC(=O)c1cc(Cl)cc(Br)c1NC(=O)c1cc(Br)nn1-c1ncccc1Cl)C1CC1. The van der Waals surface area contributed by atoms with Crippen LogP contribution in [-0.4, -0.2) is 32.6 Å². The van der Waals surface area contributed by atoms with Crippen LogP contribution >= 0.6 is 55.1 Å². The van der Waals surface area contributed by atoms with Gasteiger partial charge in [0.25, 0.3) is 11.8 Å². The van der Waals surface area contributed by atoms with Gasteiger partial charge in [0.2, 0.25) is 0 Å². The zero-order chi connectivity index (χ0) is 23.0. The van der Waals surface area contributed by atoms with E-state index >= 15 is 0 Å². The third kappa shape index (κ3) is 5.01. The maximum Gasteiger partial charge on any atom is 0.274 e. The number of benzene rings is 1. The van der Waals surface area contributed by atoms with Crippen LogP contribution < -0.4 is 10.6 Å². The van der Waals surface area contributed by atoms with Gasteiger partial charge in [-0.3, -0.25) is 9.59 Å². The van der Waals surface area contributed by atoms with E-state index in [0.29, 0.717) is 36.5 Å². The van der Waals surface area contributed by atoms with Gasteiger partial charge in [-0.2, -0.15) is 5.10 Å². The van der Waals surface area contributed by atoms with E-state index in [2.05, 4.69) is 52.6 Å². The first-order valence-corrected chi connectivity index (χ1v) is 12.1. The van der Waals surface area contributed by atoms with Gasteiger partial charge in [-0.25, -0.2) is 9.67 Å². The minimum Gasteiger partial charge on any atom is -0.349 e. The van der Waals surface area contributed by atoms with Gasteiger partial charge in [0.1, 0.15) is 10.3 Å². The van der Waals surface area contributed by atoms with Gasteiger partial charge in [0.05, 0.1) is 16.3 Å². The standard InChI is InChI=1S/C21H17Br2Cl2N5O2/c1-10(11-4-5-11)27-20(31)13-7-12(24)8-14(22)18(13)28-21(32)16-9-17(23)29-30(16)19-15(25)3-2-6-26-19/h2-3,6-11H,4-5H2,1H3,(H,27,31)(H,28,32)/t10-/m1/s1. The molecule has 11 heteroatoms. The molecule has 166 valence electrons. The molecule has 2 aromatic heterocycles. The van der Waals surface area contributed by atoms with E-state index < -0.39 is 5.91 Å². The summed E-state index contributed by atoms with van der Waals surface area (Å²) in [6, 6.07) is 8.05. The topological polar surface area (TPSA) is 88.9 Å². The molecular formula is C21H17Br2Cl2N5O2. The molecule has 0 bridgehead atoms. The first-order valence-electron chi connectivity index (χ1n) is 9.72. The molecule has 2 amide bonds. The Morgan fingerprint density at radius 2 is 1.94 bits per heavy atom. The lowest BCUT2D eigenvalue weighted by Gasteiger charge is -2.17. The number of halogens is 4. The maximum absolute atomic E-state index is 13.2. The lowest BCUT2D eigenvalue weighted by atomic mass is 10.1. The van der Waals surface area contributed by atoms with E-state index in [0.717, 1.165) is 12.8 Å². The predicted octanol–water partition coefficient (Wildman–Crippen LogP) is 5.88. The molecule has 0 saturated heterocycles. The minimum absolute atomic E-state index is 0.0347. The second-order valence-electron chi connectivity index (χ2n) is 7.44. The third-order valence-corrected chi connectivity index (χ3v) is 6.60. The Morgan fingerprint density at radius 3 is 2.62 bits per heavy atom. The third-order valence-electron chi connectivity index (χ3n) is 5.08. The zero-order valence-corrected chi connectivity index (χ0v) is 21.4. The molecule has 7 nitrogen and oxygen atoms in total. The second-order valence-corrected chi connectivity index (χ2v) is 9.95. The molecule has 0 radical (unpaired) electrons. The van der Waals surface area contributed by atoms with Crippen LogP contribution in [0.2, 0.25) is 10.0 Å². The molecule has 4 rings (SSSR count). The van der Waals surface area contributed by atoms with Crippen LogP contribution in [0.25, 0.3) is 5.82 Å². The van der Waals surface area contributed by atoms with Crippen LogP contribution in [-0.2, 0) is 0 Å². The Hall–Kier alpha value is -1.94. The van der Waals surface area contributed by atoms with Gasteiger partial charge in [0.15, 0.2) is 5.82 Å². The summed E-state index contributed by atoms with van der Waals surface area (Å²) in [5, 5.41) is 10.8. The molecule has 0 aliphatic heterocycles. The van der Waals surface area contributed by atoms with Gasteiger partial charge < -0.3 is 10.6 Å². The lowest BCUT2D eigenvalue weighted by molar-refractivity contribution is 0.0936. The second kappa shape index (κ2) is 9.51. The fraction of sp³-hybridized carbons (Fsp3) is 0.238. The molecule has 1 aliphatic rings. The molecule has 2 heterocycles. The summed E-state index contributed by atoms with van der Waals surface area (Å²) in [5.74, 6) is -0.0338. The summed E-state index contributed by atoms with van der Waals surface area (Å²) in [5.41, 5.74) is 0.735. The molecule has 1 atom stereocenters. The summed E-state index contributed by atoms with van der Waals surface area (Å²) in [4.78, 5) is 30.4. The molecule has 0 spiro atoms. The van der Waals surface area contributed by atoms with Crippen molar-refractivity contribution in [3.05, 3.63) is 66.9 Å². The number of anilines is 1. The van der Waals surface area contributed by atoms with Crippen LogP contribution in [0.15, 0.2) is 45.6 Å². The summed E-state index contributed by atoms with van der Waals surface area (Å²) in [6.45, 7) is 1.97. The molecule has 32 heavy (non-hydrogen) atoms. The molecule has 1 aromatic carbocycles. The van der Waals surface area contributed by atoms with E-state index in [-0.39, 0.29) is 23.2 Å². The summed E-state index contributed by atoms with van der Waals surface area (Å²) >= 11 is 19.1. The van der Waals surface area contributed by atoms with Gasteiger partial charge in [-0.1, -0.05) is 23.2 Å². The first kappa shape index (κ1) is 23.2. The Kier molecular flexibility index (Phi) is 6.90. The molecule has 2 N–H and O–H groups in total. The Morgan fingerprint density at radius 1 is 1.19 bits per heavy atom. The molecule has 1 aliphatic carbocycles. The highest BCUT2D eigenvalue weighted by molar-refractivity contribution is 9.10. The number of hydrogen-bond acceptors (Lipinski definition) is 4. The average Bonchev–Trinajstić information content (AvgIpc) is 3.52. The summed E-state index contributed by atoms with van der Waals surface area (Å²) < 4.78 is 2.24. The fourth-order valence-corrected chi connectivity index (χ4v) is 4.75. The number of hydrogen-bond donors (Lipinski definition) is 2. The van der Waals surface area contributed by atoms with E-state index in [9.17, 15) is 9.59 Å². The highest BCUT2D eigenvalue weighted by atomic mass is 79.9. The van der Waals surface area contributed by atoms with Crippen molar-refractivity contribution in [2.24, 2.45) is 5.92 Å². The van der Waals surface area contributed by atoms with Crippen LogP contribution in [0.1, 0.15) is 40.6 Å². The number of carbonyl (C=O) groups excluding carboxylic acids is 2. The van der Waals surface area contributed by atoms with Gasteiger partial charge >= 0.3 is 0 Å². The van der Waals surface area contributed by atoms with Crippen molar-refractivity contribution >= 4 is 72.6 Å². The van der Waals surface area contributed by atoms with Crippen LogP contribution in [0.5, 0.6) is 0 Å². The fourth-order valence-electron chi connectivity index (χ4n) is 3.26. The van der Waals surface area contributed by atoms with Crippen molar-refractivity contribution in [1.29, 1.82) is 0 Å². The molecule has 1 fully saturated rings. The van der Waals surface area contributed by atoms with Crippen molar-refractivity contribution in [1.82, 2.24) is 20.1 Å². The van der Waals surface area contributed by atoms with Crippen LogP contribution in [0.4, 0.5) is 5.69 Å². The van der Waals surface area contributed by atoms with Crippen molar-refractivity contribution in [3.8, 4) is 5.82 Å². The van der Waals surface area contributed by atoms with Crippen molar-refractivity contribution < 1.29 is 9.59 Å². The van der Waals surface area contributed by atoms with Gasteiger partial charge in [-0.05, 0) is 81.8 Å². The van der Waals surface area contributed by atoms with E-state index in [4.69, 9.17) is 23.2 Å². The van der Waals surface area contributed by atoms with E-state index in [1.807, 2.05) is 6.92 Å². The molecular weight excluding hydrogens is 585 g/mol. The number of rotatable bonds is 6. The highest BCUT2D eigenvalue weighted by Crippen LogP contribution is 2.34. The van der Waals surface area contributed by atoms with Crippen molar-refractivity contribution in [2.45, 2.75) is 25.8 Å². The van der Waals surface area contributed by atoms with Crippen molar-refractivity contribution in [2.75, 3.05) is 5.32 Å². The Bertz CT molecular complexity index is 1210. The largest absolute Gasteiger partial charge is 0.349 e. The average molecular weight is 602 g/mol. The number of aromatic nitrogens is 3. The van der Waals surface area contributed by atoms with Gasteiger partial charge in [0, 0.05) is 27.8 Å². The van der Waals surface area contributed by atoms with E-state index in [1.165, 1.54) is 10.7 Å². The number of nitrogens with zero attached hydrogens (tertiary/aromatic N) is 3. The minimum atomic E-state index is -0.503. The Labute approximate surface area is 211 Å². The maximum atomic E-state index is 13.2. The highest BCUT2D eigenvalue weighted by Gasteiger charge is 2.30. The quantitative estimate of drug-likeness (QED) is 0.369. The monoisotopic (exact) mass is 599 g/mol. The smallest absolute Gasteiger partial charge is 0.274 e. The normalized spacial score (nSPS) is 14.2. The number of pyridine rings is 1. The predicted molar refractivity (Wildman–Crippen MR) is 131 cm³/mol. The number of nitrogens with one attached hydrogen (secondary N) is 2. The number of carbonyl (C=O) groups is 2.